The molecule has 0 aliphatic carbocycles. The van der Waals surface area contributed by atoms with Crippen LogP contribution in [0.1, 0.15) is 11.1 Å². The number of sulfonamides is 1. The van der Waals surface area contributed by atoms with Gasteiger partial charge in [-0.1, -0.05) is 59.6 Å². The van der Waals surface area contributed by atoms with Crippen LogP contribution in [-0.4, -0.2) is 20.7 Å². The molecule has 2 aromatic rings. The first-order valence-corrected chi connectivity index (χ1v) is 9.53. The average Bonchev–Trinajstić information content (AvgIpc) is 2.54. The van der Waals surface area contributed by atoms with E-state index >= 15 is 0 Å². The molecule has 0 fully saturated rings. The van der Waals surface area contributed by atoms with Gasteiger partial charge in [-0.3, -0.25) is 0 Å². The fourth-order valence-corrected chi connectivity index (χ4v) is 3.21. The van der Waals surface area contributed by atoms with E-state index in [1.165, 1.54) is 0 Å². The second-order valence-corrected chi connectivity index (χ2v) is 7.79. The molecule has 0 atom stereocenters. The predicted molar refractivity (Wildman–Crippen MR) is 95.2 cm³/mol. The van der Waals surface area contributed by atoms with Gasteiger partial charge in [0.2, 0.25) is 10.0 Å². The van der Waals surface area contributed by atoms with Crippen LogP contribution in [0, 0.1) is 0 Å². The molecule has 0 saturated heterocycles. The van der Waals surface area contributed by atoms with Crippen LogP contribution in [0.15, 0.2) is 48.5 Å². The van der Waals surface area contributed by atoms with E-state index in [1.54, 1.807) is 12.1 Å². The van der Waals surface area contributed by atoms with Crippen LogP contribution in [0.2, 0.25) is 10.0 Å². The van der Waals surface area contributed by atoms with Crippen LogP contribution in [0.5, 0.6) is 0 Å². The minimum Gasteiger partial charge on any atom is -0.312 e. The Morgan fingerprint density at radius 2 is 1.61 bits per heavy atom. The van der Waals surface area contributed by atoms with Crippen molar-refractivity contribution in [3.63, 3.8) is 0 Å². The van der Waals surface area contributed by atoms with Crippen molar-refractivity contribution in [2.24, 2.45) is 0 Å². The molecule has 0 aliphatic rings. The van der Waals surface area contributed by atoms with Gasteiger partial charge in [0.25, 0.3) is 0 Å². The monoisotopic (exact) mass is 372 g/mol. The molecular formula is C16H18Cl2N2O2S. The predicted octanol–water partition coefficient (Wildman–Crippen LogP) is 3.20. The van der Waals surface area contributed by atoms with Crippen molar-refractivity contribution in [2.45, 2.75) is 13.1 Å². The van der Waals surface area contributed by atoms with Crippen molar-refractivity contribution in [1.29, 1.82) is 0 Å². The van der Waals surface area contributed by atoms with Crippen molar-refractivity contribution >= 4 is 33.2 Å². The van der Waals surface area contributed by atoms with Gasteiger partial charge in [0.15, 0.2) is 0 Å². The number of rotatable bonds is 8. The highest BCUT2D eigenvalue weighted by Gasteiger charge is 2.09. The lowest BCUT2D eigenvalue weighted by molar-refractivity contribution is 0.576. The number of benzene rings is 2. The summed E-state index contributed by atoms with van der Waals surface area (Å²) < 4.78 is 26.4. The maximum absolute atomic E-state index is 11.9. The molecule has 7 heteroatoms. The minimum atomic E-state index is -3.31. The third kappa shape index (κ3) is 6.49. The van der Waals surface area contributed by atoms with E-state index in [0.717, 1.165) is 11.1 Å². The largest absolute Gasteiger partial charge is 0.312 e. The summed E-state index contributed by atoms with van der Waals surface area (Å²) in [6.45, 7) is 1.19. The Hall–Kier alpha value is -1.11. The molecule has 23 heavy (non-hydrogen) atoms. The van der Waals surface area contributed by atoms with Gasteiger partial charge in [0.05, 0.1) is 15.8 Å². The molecule has 0 heterocycles. The summed E-state index contributed by atoms with van der Waals surface area (Å²) in [6, 6.07) is 14.7. The second-order valence-electron chi connectivity index (χ2n) is 5.05. The first-order valence-electron chi connectivity index (χ1n) is 7.12. The van der Waals surface area contributed by atoms with E-state index in [1.807, 2.05) is 36.4 Å². The SMILES string of the molecule is O=S(=O)(CCNCc1ccc(Cl)c(Cl)c1)NCc1ccccc1. The first kappa shape index (κ1) is 18.2. The molecule has 0 radical (unpaired) electrons. The van der Waals surface area contributed by atoms with E-state index in [-0.39, 0.29) is 5.75 Å². The highest BCUT2D eigenvalue weighted by Crippen LogP contribution is 2.22. The third-order valence-electron chi connectivity index (χ3n) is 3.20. The van der Waals surface area contributed by atoms with Crippen LogP contribution >= 0.6 is 23.2 Å². The summed E-state index contributed by atoms with van der Waals surface area (Å²) >= 11 is 11.8. The van der Waals surface area contributed by atoms with Gasteiger partial charge < -0.3 is 5.32 Å². The van der Waals surface area contributed by atoms with Gasteiger partial charge in [0, 0.05) is 19.6 Å². The third-order valence-corrected chi connectivity index (χ3v) is 5.26. The van der Waals surface area contributed by atoms with Crippen molar-refractivity contribution in [2.75, 3.05) is 12.3 Å². The molecule has 2 aromatic carbocycles. The Bertz CT molecular complexity index is 737. The van der Waals surface area contributed by atoms with E-state index in [4.69, 9.17) is 23.2 Å². The summed E-state index contributed by atoms with van der Waals surface area (Å²) in [5.74, 6) is 0.0150. The molecule has 2 rings (SSSR count). The Labute approximate surface area is 146 Å². The minimum absolute atomic E-state index is 0.0150. The van der Waals surface area contributed by atoms with Gasteiger partial charge in [-0.2, -0.15) is 0 Å². The average molecular weight is 373 g/mol. The normalized spacial score (nSPS) is 11.6. The summed E-state index contributed by atoms with van der Waals surface area (Å²) in [5, 5.41) is 4.07. The number of hydrogen-bond acceptors (Lipinski definition) is 3. The van der Waals surface area contributed by atoms with E-state index < -0.39 is 10.0 Å². The molecular weight excluding hydrogens is 355 g/mol. The molecule has 0 unspecified atom stereocenters. The van der Waals surface area contributed by atoms with E-state index in [9.17, 15) is 8.42 Å². The Balaban J connectivity index is 1.73. The van der Waals surface area contributed by atoms with Gasteiger partial charge in [-0.15, -0.1) is 0 Å². The van der Waals surface area contributed by atoms with Crippen LogP contribution in [0.25, 0.3) is 0 Å². The maximum atomic E-state index is 11.9. The smallest absolute Gasteiger partial charge is 0.213 e. The molecule has 0 saturated carbocycles. The Morgan fingerprint density at radius 3 is 2.30 bits per heavy atom. The van der Waals surface area contributed by atoms with Crippen LogP contribution < -0.4 is 10.0 Å². The first-order chi connectivity index (χ1) is 11.0. The lowest BCUT2D eigenvalue weighted by atomic mass is 10.2. The maximum Gasteiger partial charge on any atom is 0.213 e. The van der Waals surface area contributed by atoms with Crippen molar-refractivity contribution in [1.82, 2.24) is 10.0 Å². The lowest BCUT2D eigenvalue weighted by Gasteiger charge is -2.08. The van der Waals surface area contributed by atoms with Gasteiger partial charge in [0.1, 0.15) is 0 Å². The zero-order chi connectivity index (χ0) is 16.7. The lowest BCUT2D eigenvalue weighted by Crippen LogP contribution is -2.31. The van der Waals surface area contributed by atoms with Gasteiger partial charge >= 0.3 is 0 Å². The highest BCUT2D eigenvalue weighted by molar-refractivity contribution is 7.89. The standard InChI is InChI=1S/C16H18Cl2N2O2S/c17-15-7-6-14(10-16(15)18)11-19-8-9-23(21,22)20-12-13-4-2-1-3-5-13/h1-7,10,19-20H,8-9,11-12H2. The Morgan fingerprint density at radius 1 is 0.870 bits per heavy atom. The van der Waals surface area contributed by atoms with Crippen LogP contribution in [0.4, 0.5) is 0 Å². The quantitative estimate of drug-likeness (QED) is 0.699. The molecule has 0 bridgehead atoms. The zero-order valence-corrected chi connectivity index (χ0v) is 14.8. The topological polar surface area (TPSA) is 58.2 Å². The fraction of sp³-hybridized carbons (Fsp3) is 0.250. The highest BCUT2D eigenvalue weighted by atomic mass is 35.5. The second kappa shape index (κ2) is 8.66. The molecule has 0 amide bonds. The van der Waals surface area contributed by atoms with Crippen LogP contribution in [0.3, 0.4) is 0 Å². The van der Waals surface area contributed by atoms with E-state index in [0.29, 0.717) is 29.7 Å². The van der Waals surface area contributed by atoms with Crippen molar-refractivity contribution in [3.05, 3.63) is 69.7 Å². The molecule has 0 spiro atoms. The molecule has 0 aromatic heterocycles. The zero-order valence-electron chi connectivity index (χ0n) is 12.4. The summed E-state index contributed by atoms with van der Waals surface area (Å²) in [7, 11) is -3.31. The summed E-state index contributed by atoms with van der Waals surface area (Å²) in [5.41, 5.74) is 1.88. The van der Waals surface area contributed by atoms with Gasteiger partial charge in [-0.05, 0) is 23.3 Å². The van der Waals surface area contributed by atoms with Crippen LogP contribution in [-0.2, 0) is 23.1 Å². The summed E-state index contributed by atoms with van der Waals surface area (Å²) in [6.07, 6.45) is 0. The summed E-state index contributed by atoms with van der Waals surface area (Å²) in [4.78, 5) is 0. The number of halogens is 2. The van der Waals surface area contributed by atoms with E-state index in [2.05, 4.69) is 10.0 Å². The molecule has 0 aliphatic heterocycles. The molecule has 124 valence electrons. The van der Waals surface area contributed by atoms with Crippen molar-refractivity contribution in [3.8, 4) is 0 Å². The number of nitrogens with one attached hydrogen (secondary N) is 2. The fourth-order valence-electron chi connectivity index (χ4n) is 1.95. The molecule has 2 N–H and O–H groups in total. The Kier molecular flexibility index (Phi) is 6.87. The van der Waals surface area contributed by atoms with Crippen molar-refractivity contribution < 1.29 is 8.42 Å². The number of hydrogen-bond donors (Lipinski definition) is 2. The van der Waals surface area contributed by atoms with Gasteiger partial charge in [-0.25, -0.2) is 13.1 Å². The molecule has 4 nitrogen and oxygen atoms in total.